The molecule has 0 saturated carbocycles. The molecule has 37 heavy (non-hydrogen) atoms. The molecule has 12 N–H and O–H groups in total. The highest BCUT2D eigenvalue weighted by Crippen LogP contribution is 2.05. The van der Waals surface area contributed by atoms with Gasteiger partial charge in [-0.1, -0.05) is 0 Å². The predicted octanol–water partition coefficient (Wildman–Crippen LogP) is -4.18. The first kappa shape index (κ1) is 30.5. The van der Waals surface area contributed by atoms with Gasteiger partial charge in [0.1, 0.15) is 18.1 Å². The number of hydrogen-bond donors (Lipinski definition) is 9. The fourth-order valence-corrected chi connectivity index (χ4v) is 3.04. The average Bonchev–Trinajstić information content (AvgIpc) is 3.30. The molecule has 0 fully saturated rings. The highest BCUT2D eigenvalue weighted by molar-refractivity contribution is 5.96. The van der Waals surface area contributed by atoms with E-state index in [1.807, 2.05) is 0 Å². The Morgan fingerprint density at radius 1 is 0.838 bits per heavy atom. The molecule has 0 aromatic carbocycles. The Morgan fingerprint density at radius 2 is 1.41 bits per heavy atom. The lowest BCUT2D eigenvalue weighted by Crippen LogP contribution is -2.58. The van der Waals surface area contributed by atoms with E-state index in [9.17, 15) is 38.7 Å². The van der Waals surface area contributed by atoms with Crippen LogP contribution in [0.2, 0.25) is 0 Å². The number of carbonyl (C=O) groups is 7. The monoisotopic (exact) mass is 526 g/mol. The SMILES string of the molecule is NC(=O)CCC(NC(=O)C(CC(N)=O)NC(=O)C(N)Cc1cnc[nH]1)C(=O)NC(CCC(=O)O)C(=O)O. The van der Waals surface area contributed by atoms with Crippen LogP contribution in [0.5, 0.6) is 0 Å². The number of carboxylic acids is 2. The van der Waals surface area contributed by atoms with E-state index in [-0.39, 0.29) is 12.8 Å². The molecular formula is C20H30N8O9. The molecule has 5 amide bonds. The maximum atomic E-state index is 12.9. The Bertz CT molecular complexity index is 998. The number of imidazole rings is 1. The van der Waals surface area contributed by atoms with Crippen LogP contribution in [0.3, 0.4) is 0 Å². The summed E-state index contributed by atoms with van der Waals surface area (Å²) in [7, 11) is 0. The Hall–Kier alpha value is -4.54. The molecule has 0 spiro atoms. The van der Waals surface area contributed by atoms with Crippen molar-refractivity contribution in [1.82, 2.24) is 25.9 Å². The molecule has 1 aromatic rings. The quantitative estimate of drug-likeness (QED) is 0.0937. The van der Waals surface area contributed by atoms with Crippen LogP contribution in [-0.4, -0.2) is 85.8 Å². The molecule has 0 aliphatic carbocycles. The van der Waals surface area contributed by atoms with Gasteiger partial charge >= 0.3 is 11.9 Å². The normalized spacial score (nSPS) is 13.9. The number of hydrogen-bond acceptors (Lipinski definition) is 9. The summed E-state index contributed by atoms with van der Waals surface area (Å²) in [5, 5.41) is 24.6. The summed E-state index contributed by atoms with van der Waals surface area (Å²) in [5.41, 5.74) is 16.6. The number of aromatic amines is 1. The van der Waals surface area contributed by atoms with Gasteiger partial charge in [0, 0.05) is 31.2 Å². The number of aliphatic carboxylic acids is 2. The molecule has 204 valence electrons. The summed E-state index contributed by atoms with van der Waals surface area (Å²) < 4.78 is 0. The highest BCUT2D eigenvalue weighted by atomic mass is 16.4. The van der Waals surface area contributed by atoms with Gasteiger partial charge in [-0.15, -0.1) is 0 Å². The number of amides is 5. The van der Waals surface area contributed by atoms with Crippen molar-refractivity contribution < 1.29 is 43.8 Å². The molecule has 0 aliphatic rings. The summed E-state index contributed by atoms with van der Waals surface area (Å²) in [6, 6.07) is -5.86. The van der Waals surface area contributed by atoms with E-state index in [4.69, 9.17) is 22.3 Å². The molecule has 17 heteroatoms. The zero-order valence-electron chi connectivity index (χ0n) is 19.6. The van der Waals surface area contributed by atoms with Gasteiger partial charge in [-0.3, -0.25) is 28.8 Å². The van der Waals surface area contributed by atoms with Crippen molar-refractivity contribution in [1.29, 1.82) is 0 Å². The van der Waals surface area contributed by atoms with E-state index in [0.29, 0.717) is 5.69 Å². The van der Waals surface area contributed by atoms with Crippen molar-refractivity contribution in [3.05, 3.63) is 18.2 Å². The average molecular weight is 527 g/mol. The summed E-state index contributed by atoms with van der Waals surface area (Å²) in [4.78, 5) is 89.5. The fourth-order valence-electron chi connectivity index (χ4n) is 3.04. The van der Waals surface area contributed by atoms with Crippen LogP contribution in [0.4, 0.5) is 0 Å². The molecule has 17 nitrogen and oxygen atoms in total. The van der Waals surface area contributed by atoms with Gasteiger partial charge in [0.15, 0.2) is 0 Å². The molecule has 4 unspecified atom stereocenters. The Morgan fingerprint density at radius 3 is 1.92 bits per heavy atom. The smallest absolute Gasteiger partial charge is 0.326 e. The molecule has 0 radical (unpaired) electrons. The van der Waals surface area contributed by atoms with Crippen LogP contribution >= 0.6 is 0 Å². The highest BCUT2D eigenvalue weighted by Gasteiger charge is 2.31. The van der Waals surface area contributed by atoms with E-state index in [0.717, 1.165) is 0 Å². The molecule has 1 aromatic heterocycles. The lowest BCUT2D eigenvalue weighted by atomic mass is 10.1. The number of aromatic nitrogens is 2. The summed E-state index contributed by atoms with van der Waals surface area (Å²) in [5.74, 6) is -7.57. The Balaban J connectivity index is 2.99. The van der Waals surface area contributed by atoms with Gasteiger partial charge < -0.3 is 48.3 Å². The van der Waals surface area contributed by atoms with Gasteiger partial charge in [0.25, 0.3) is 0 Å². The number of carbonyl (C=O) groups excluding carboxylic acids is 5. The van der Waals surface area contributed by atoms with Crippen molar-refractivity contribution >= 4 is 41.5 Å². The predicted molar refractivity (Wildman–Crippen MR) is 123 cm³/mol. The lowest BCUT2D eigenvalue weighted by Gasteiger charge is -2.24. The maximum absolute atomic E-state index is 12.9. The second-order valence-corrected chi connectivity index (χ2v) is 8.02. The second-order valence-electron chi connectivity index (χ2n) is 8.02. The van der Waals surface area contributed by atoms with Crippen molar-refractivity contribution in [2.24, 2.45) is 17.2 Å². The van der Waals surface area contributed by atoms with E-state index in [2.05, 4.69) is 25.9 Å². The van der Waals surface area contributed by atoms with Crippen molar-refractivity contribution in [2.45, 2.75) is 62.7 Å². The van der Waals surface area contributed by atoms with Crippen LogP contribution in [0.25, 0.3) is 0 Å². The van der Waals surface area contributed by atoms with E-state index >= 15 is 0 Å². The molecule has 0 aliphatic heterocycles. The maximum Gasteiger partial charge on any atom is 0.326 e. The lowest BCUT2D eigenvalue weighted by molar-refractivity contribution is -0.143. The van der Waals surface area contributed by atoms with Crippen LogP contribution in [0.15, 0.2) is 12.5 Å². The van der Waals surface area contributed by atoms with Gasteiger partial charge in [-0.2, -0.15) is 0 Å². The largest absolute Gasteiger partial charge is 0.481 e. The minimum Gasteiger partial charge on any atom is -0.481 e. The van der Waals surface area contributed by atoms with Crippen LogP contribution in [0, 0.1) is 0 Å². The Labute approximate surface area is 209 Å². The van der Waals surface area contributed by atoms with Gasteiger partial charge in [0.05, 0.1) is 18.8 Å². The van der Waals surface area contributed by atoms with Crippen LogP contribution in [-0.2, 0) is 40.0 Å². The molecule has 0 saturated heterocycles. The minimum absolute atomic E-state index is 0.0211. The van der Waals surface area contributed by atoms with E-state index < -0.39 is 91.3 Å². The third-order valence-electron chi connectivity index (χ3n) is 4.94. The molecular weight excluding hydrogens is 496 g/mol. The molecule has 1 rings (SSSR count). The van der Waals surface area contributed by atoms with Crippen LogP contribution in [0.1, 0.15) is 37.8 Å². The second kappa shape index (κ2) is 14.8. The minimum atomic E-state index is -1.61. The number of carboxylic acid groups (broad SMARTS) is 2. The molecule has 4 atom stereocenters. The molecule has 1 heterocycles. The zero-order valence-corrected chi connectivity index (χ0v) is 19.6. The number of nitrogens with zero attached hydrogens (tertiary/aromatic N) is 1. The summed E-state index contributed by atoms with van der Waals surface area (Å²) in [6.45, 7) is 0. The Kier molecular flexibility index (Phi) is 12.2. The van der Waals surface area contributed by atoms with Gasteiger partial charge in [-0.25, -0.2) is 9.78 Å². The first-order chi connectivity index (χ1) is 17.3. The third-order valence-corrected chi connectivity index (χ3v) is 4.94. The standard InChI is InChI=1S/C20H30N8O9/c21-10(5-9-7-24-8-25-9)17(33)28-13(6-15(23)30)19(35)26-11(1-3-14(22)29)18(34)27-12(20(36)37)2-4-16(31)32/h7-8,10-13H,1-6,21H2,(H2,22,29)(H2,23,30)(H,24,25)(H,26,35)(H,27,34)(H,28,33)(H,31,32)(H,36,37). The van der Waals surface area contributed by atoms with E-state index in [1.54, 1.807) is 0 Å². The van der Waals surface area contributed by atoms with Crippen molar-refractivity contribution in [3.8, 4) is 0 Å². The van der Waals surface area contributed by atoms with Crippen molar-refractivity contribution in [2.75, 3.05) is 0 Å². The van der Waals surface area contributed by atoms with Crippen molar-refractivity contribution in [3.63, 3.8) is 0 Å². The number of primary amides is 2. The number of nitrogens with two attached hydrogens (primary N) is 3. The fraction of sp³-hybridized carbons (Fsp3) is 0.500. The molecule has 0 bridgehead atoms. The first-order valence-corrected chi connectivity index (χ1v) is 10.9. The topological polar surface area (TPSA) is 303 Å². The van der Waals surface area contributed by atoms with Crippen LogP contribution < -0.4 is 33.2 Å². The summed E-state index contributed by atoms with van der Waals surface area (Å²) in [6.07, 6.45) is 0.368. The number of nitrogens with one attached hydrogen (secondary N) is 4. The first-order valence-electron chi connectivity index (χ1n) is 10.9. The van der Waals surface area contributed by atoms with E-state index in [1.165, 1.54) is 12.5 Å². The number of rotatable bonds is 17. The van der Waals surface area contributed by atoms with Gasteiger partial charge in [0.2, 0.25) is 29.5 Å². The number of H-pyrrole nitrogens is 1. The summed E-state index contributed by atoms with van der Waals surface area (Å²) >= 11 is 0. The zero-order chi connectivity index (χ0) is 28.1. The van der Waals surface area contributed by atoms with Gasteiger partial charge in [-0.05, 0) is 12.8 Å². The third kappa shape index (κ3) is 11.6.